The van der Waals surface area contributed by atoms with Gasteiger partial charge in [-0.15, -0.1) is 0 Å². The van der Waals surface area contributed by atoms with Crippen molar-refractivity contribution < 1.29 is 23.5 Å². The van der Waals surface area contributed by atoms with Crippen LogP contribution in [-0.4, -0.2) is 26.5 Å². The van der Waals surface area contributed by atoms with Crippen molar-refractivity contribution in [1.29, 1.82) is 0 Å². The lowest BCUT2D eigenvalue weighted by Gasteiger charge is -2.23. The minimum absolute atomic E-state index is 0.0640. The summed E-state index contributed by atoms with van der Waals surface area (Å²) < 4.78 is 29.0. The number of fused-ring (bicyclic) bond motifs is 1. The van der Waals surface area contributed by atoms with Gasteiger partial charge in [0.2, 0.25) is 5.91 Å². The van der Waals surface area contributed by atoms with E-state index >= 15 is 0 Å². The van der Waals surface area contributed by atoms with Crippen LogP contribution in [0.4, 0.5) is 14.6 Å². The number of hydrogen-bond acceptors (Lipinski definition) is 3. The Balaban J connectivity index is 1.80. The van der Waals surface area contributed by atoms with Crippen LogP contribution < -0.4 is 5.32 Å². The molecular weight excluding hydrogens is 356 g/mol. The number of rotatable bonds is 3. The Morgan fingerprint density at radius 3 is 2.63 bits per heavy atom. The van der Waals surface area contributed by atoms with E-state index in [1.807, 2.05) is 0 Å². The van der Waals surface area contributed by atoms with E-state index in [1.54, 1.807) is 12.1 Å². The highest BCUT2D eigenvalue weighted by molar-refractivity contribution is 5.94. The van der Waals surface area contributed by atoms with Crippen LogP contribution in [-0.2, 0) is 4.79 Å². The minimum Gasteiger partial charge on any atom is -0.478 e. The summed E-state index contributed by atoms with van der Waals surface area (Å²) in [6.07, 6.45) is 1.44. The first kappa shape index (κ1) is 16.9. The Hall–Kier alpha value is -3.55. The number of carboxylic acid groups (broad SMARTS) is 1. The zero-order valence-corrected chi connectivity index (χ0v) is 13.8. The van der Waals surface area contributed by atoms with Crippen molar-refractivity contribution in [1.82, 2.24) is 9.55 Å². The molecule has 0 unspecified atom stereocenters. The Morgan fingerprint density at radius 1 is 1.19 bits per heavy atom. The Morgan fingerprint density at radius 2 is 1.93 bits per heavy atom. The Labute approximate surface area is 152 Å². The molecule has 1 aliphatic rings. The summed E-state index contributed by atoms with van der Waals surface area (Å²) in [7, 11) is 0. The van der Waals surface area contributed by atoms with Gasteiger partial charge in [0.25, 0.3) is 0 Å². The Bertz CT molecular complexity index is 1060. The van der Waals surface area contributed by atoms with Gasteiger partial charge < -0.3 is 10.4 Å². The van der Waals surface area contributed by atoms with Crippen LogP contribution in [0.25, 0.3) is 5.69 Å². The summed E-state index contributed by atoms with van der Waals surface area (Å²) in [5.74, 6) is -2.77. The first-order valence-electron chi connectivity index (χ1n) is 8.10. The summed E-state index contributed by atoms with van der Waals surface area (Å²) in [6, 6.07) is 9.18. The normalized spacial score (nSPS) is 15.9. The van der Waals surface area contributed by atoms with Crippen molar-refractivity contribution in [3.8, 4) is 5.69 Å². The fraction of sp³-hybridized carbons (Fsp3) is 0.105. The van der Waals surface area contributed by atoms with E-state index in [-0.39, 0.29) is 29.4 Å². The number of halogens is 2. The average molecular weight is 369 g/mol. The van der Waals surface area contributed by atoms with Gasteiger partial charge in [-0.2, -0.15) is 0 Å². The standard InChI is InChI=1S/C19H13F2N3O3/c20-12-5-6-14(21)15(7-12)24-9-22-17-13(8-16(25)23-18(17)24)10-1-3-11(4-2-10)19(26)27/h1-7,9,13H,8H2,(H,23,25)(H,26,27)/t13-/m0/s1. The lowest BCUT2D eigenvalue weighted by atomic mass is 9.89. The molecule has 1 atom stereocenters. The van der Waals surface area contributed by atoms with E-state index < -0.39 is 23.5 Å². The fourth-order valence-electron chi connectivity index (χ4n) is 3.19. The molecule has 27 heavy (non-hydrogen) atoms. The van der Waals surface area contributed by atoms with Crippen LogP contribution in [0.15, 0.2) is 48.8 Å². The van der Waals surface area contributed by atoms with E-state index in [0.717, 1.165) is 18.2 Å². The first-order chi connectivity index (χ1) is 12.9. The van der Waals surface area contributed by atoms with E-state index in [1.165, 1.54) is 23.0 Å². The molecule has 0 saturated carbocycles. The van der Waals surface area contributed by atoms with Crippen molar-refractivity contribution in [2.24, 2.45) is 0 Å². The van der Waals surface area contributed by atoms with Gasteiger partial charge in [-0.3, -0.25) is 9.36 Å². The van der Waals surface area contributed by atoms with E-state index in [9.17, 15) is 18.4 Å². The molecule has 0 aliphatic carbocycles. The number of aromatic nitrogens is 2. The second-order valence-electron chi connectivity index (χ2n) is 6.18. The zero-order chi connectivity index (χ0) is 19.1. The monoisotopic (exact) mass is 369 g/mol. The maximum absolute atomic E-state index is 14.2. The molecule has 136 valence electrons. The first-order valence-corrected chi connectivity index (χ1v) is 8.10. The van der Waals surface area contributed by atoms with Crippen molar-refractivity contribution in [2.45, 2.75) is 12.3 Å². The highest BCUT2D eigenvalue weighted by atomic mass is 19.1. The molecule has 8 heteroatoms. The van der Waals surface area contributed by atoms with Crippen LogP contribution >= 0.6 is 0 Å². The van der Waals surface area contributed by atoms with Crippen molar-refractivity contribution >= 4 is 17.7 Å². The fourth-order valence-corrected chi connectivity index (χ4v) is 3.19. The summed E-state index contributed by atoms with van der Waals surface area (Å²) >= 11 is 0. The lowest BCUT2D eigenvalue weighted by molar-refractivity contribution is -0.116. The maximum Gasteiger partial charge on any atom is 0.335 e. The molecular formula is C19H13F2N3O3. The molecule has 2 aromatic carbocycles. The van der Waals surface area contributed by atoms with Crippen LogP contribution in [0.3, 0.4) is 0 Å². The average Bonchev–Trinajstić information content (AvgIpc) is 3.06. The minimum atomic E-state index is -1.05. The molecule has 0 fully saturated rings. The summed E-state index contributed by atoms with van der Waals surface area (Å²) in [6.45, 7) is 0. The molecule has 0 spiro atoms. The van der Waals surface area contributed by atoms with Crippen LogP contribution in [0, 0.1) is 11.6 Å². The third kappa shape index (κ3) is 2.95. The zero-order valence-electron chi connectivity index (χ0n) is 13.8. The molecule has 0 bridgehead atoms. The molecule has 6 nitrogen and oxygen atoms in total. The lowest BCUT2D eigenvalue weighted by Crippen LogP contribution is -2.25. The number of hydrogen-bond donors (Lipinski definition) is 2. The van der Waals surface area contributed by atoms with Gasteiger partial charge in [0.15, 0.2) is 0 Å². The molecule has 1 amide bonds. The number of carbonyl (C=O) groups excluding carboxylic acids is 1. The van der Waals surface area contributed by atoms with Gasteiger partial charge in [0, 0.05) is 18.4 Å². The van der Waals surface area contributed by atoms with Crippen LogP contribution in [0.2, 0.25) is 0 Å². The molecule has 2 N–H and O–H groups in total. The smallest absolute Gasteiger partial charge is 0.335 e. The summed E-state index contributed by atoms with van der Waals surface area (Å²) in [5.41, 5.74) is 1.28. The number of nitrogens with one attached hydrogen (secondary N) is 1. The predicted molar refractivity (Wildman–Crippen MR) is 92.0 cm³/mol. The summed E-state index contributed by atoms with van der Waals surface area (Å²) in [5, 5.41) is 11.7. The quantitative estimate of drug-likeness (QED) is 0.742. The highest BCUT2D eigenvalue weighted by Crippen LogP contribution is 2.37. The molecule has 2 heterocycles. The van der Waals surface area contributed by atoms with Gasteiger partial charge in [-0.05, 0) is 29.8 Å². The van der Waals surface area contributed by atoms with Gasteiger partial charge >= 0.3 is 5.97 Å². The molecule has 3 aromatic rings. The van der Waals surface area contributed by atoms with Gasteiger partial charge in [0.1, 0.15) is 23.8 Å². The molecule has 4 rings (SSSR count). The number of aromatic carboxylic acids is 1. The van der Waals surface area contributed by atoms with E-state index in [0.29, 0.717) is 11.3 Å². The third-order valence-corrected chi connectivity index (χ3v) is 4.50. The highest BCUT2D eigenvalue weighted by Gasteiger charge is 2.31. The third-order valence-electron chi connectivity index (χ3n) is 4.50. The number of anilines is 1. The maximum atomic E-state index is 14.2. The van der Waals surface area contributed by atoms with Crippen molar-refractivity contribution in [2.75, 3.05) is 5.32 Å². The molecule has 0 radical (unpaired) electrons. The van der Waals surface area contributed by atoms with E-state index in [4.69, 9.17) is 5.11 Å². The molecule has 1 aromatic heterocycles. The molecule has 0 saturated heterocycles. The SMILES string of the molecule is O=C1C[C@@H](c2ccc(C(=O)O)cc2)c2ncn(-c3cc(F)ccc3F)c2N1. The number of carbonyl (C=O) groups is 2. The number of amides is 1. The second-order valence-corrected chi connectivity index (χ2v) is 6.18. The van der Waals surface area contributed by atoms with Gasteiger partial charge in [-0.1, -0.05) is 12.1 Å². The van der Waals surface area contributed by atoms with Gasteiger partial charge in [0.05, 0.1) is 16.9 Å². The number of benzene rings is 2. The Kier molecular flexibility index (Phi) is 3.95. The topological polar surface area (TPSA) is 84.2 Å². The number of carboxylic acids is 1. The van der Waals surface area contributed by atoms with Gasteiger partial charge in [-0.25, -0.2) is 18.6 Å². The van der Waals surface area contributed by atoms with Crippen LogP contribution in [0.5, 0.6) is 0 Å². The van der Waals surface area contributed by atoms with Crippen molar-refractivity contribution in [3.05, 3.63) is 77.2 Å². The largest absolute Gasteiger partial charge is 0.478 e. The molecule has 1 aliphatic heterocycles. The van der Waals surface area contributed by atoms with Crippen LogP contribution in [0.1, 0.15) is 34.0 Å². The number of imidazole rings is 1. The summed E-state index contributed by atoms with van der Waals surface area (Å²) in [4.78, 5) is 27.5. The van der Waals surface area contributed by atoms with Crippen molar-refractivity contribution in [3.63, 3.8) is 0 Å². The number of nitrogens with zero attached hydrogens (tertiary/aromatic N) is 2. The van der Waals surface area contributed by atoms with E-state index in [2.05, 4.69) is 10.3 Å². The second kappa shape index (κ2) is 6.31. The predicted octanol–water partition coefficient (Wildman–Crippen LogP) is 3.32.